The second-order valence-electron chi connectivity index (χ2n) is 6.17. The second-order valence-corrected chi connectivity index (χ2v) is 7.42. The van der Waals surface area contributed by atoms with E-state index in [1.54, 1.807) is 0 Å². The maximum absolute atomic E-state index is 4.49. The van der Waals surface area contributed by atoms with Crippen molar-refractivity contribution in [1.29, 1.82) is 0 Å². The molecule has 1 unspecified atom stereocenters. The number of nitrogens with one attached hydrogen (secondary N) is 2. The molecule has 0 aliphatic carbocycles. The van der Waals surface area contributed by atoms with E-state index in [4.69, 9.17) is 0 Å². The summed E-state index contributed by atoms with van der Waals surface area (Å²) in [6.45, 7) is 9.37. The predicted molar refractivity (Wildman–Crippen MR) is 118 cm³/mol. The Labute approximate surface area is 172 Å². The van der Waals surface area contributed by atoms with Crippen LogP contribution >= 0.6 is 35.3 Å². The smallest absolute Gasteiger partial charge is 0.191 e. The Morgan fingerprint density at radius 1 is 1.32 bits per heavy atom. The van der Waals surface area contributed by atoms with Gasteiger partial charge in [0.25, 0.3) is 0 Å². The first-order chi connectivity index (χ1) is 11.4. The molecule has 0 aliphatic heterocycles. The van der Waals surface area contributed by atoms with Gasteiger partial charge < -0.3 is 10.6 Å². The van der Waals surface area contributed by atoms with Crippen LogP contribution in [0.2, 0.25) is 0 Å². The van der Waals surface area contributed by atoms with Crippen molar-refractivity contribution in [1.82, 2.24) is 20.4 Å². The first-order valence-electron chi connectivity index (χ1n) is 8.48. The molecule has 2 rings (SSSR count). The summed E-state index contributed by atoms with van der Waals surface area (Å²) >= 11 is 1.86. The number of aromatic nitrogens is 2. The molecule has 1 atom stereocenters. The summed E-state index contributed by atoms with van der Waals surface area (Å²) in [7, 11) is 3.81. The molecule has 2 heterocycles. The van der Waals surface area contributed by atoms with Crippen LogP contribution in [0.4, 0.5) is 0 Å². The Hall–Kier alpha value is -1.09. The average molecular weight is 475 g/mol. The van der Waals surface area contributed by atoms with Gasteiger partial charge in [-0.05, 0) is 51.3 Å². The van der Waals surface area contributed by atoms with Crippen LogP contribution in [0.5, 0.6) is 0 Å². The number of hydrogen-bond donors (Lipinski definition) is 2. The zero-order valence-electron chi connectivity index (χ0n) is 16.0. The Balaban J connectivity index is 0.00000312. The maximum Gasteiger partial charge on any atom is 0.191 e. The molecule has 0 amide bonds. The van der Waals surface area contributed by atoms with Crippen LogP contribution in [0, 0.1) is 13.8 Å². The molecule has 0 aliphatic rings. The Bertz CT molecular complexity index is 704. The molecule has 0 aromatic carbocycles. The first-order valence-corrected chi connectivity index (χ1v) is 9.30. The van der Waals surface area contributed by atoms with E-state index in [0.717, 1.165) is 31.0 Å². The van der Waals surface area contributed by atoms with Gasteiger partial charge in [0, 0.05) is 35.6 Å². The summed E-state index contributed by atoms with van der Waals surface area (Å²) < 4.78 is 1.95. The van der Waals surface area contributed by atoms with Crippen molar-refractivity contribution >= 4 is 41.3 Å². The normalized spacial score (nSPS) is 12.6. The van der Waals surface area contributed by atoms with Gasteiger partial charge >= 0.3 is 0 Å². The van der Waals surface area contributed by atoms with Crippen LogP contribution in [0.1, 0.15) is 40.6 Å². The van der Waals surface area contributed by atoms with Gasteiger partial charge in [0.15, 0.2) is 5.96 Å². The van der Waals surface area contributed by atoms with Crippen molar-refractivity contribution in [3.8, 4) is 0 Å². The topological polar surface area (TPSA) is 54.2 Å². The Kier molecular flexibility index (Phi) is 8.92. The fourth-order valence-electron chi connectivity index (χ4n) is 2.78. The summed E-state index contributed by atoms with van der Waals surface area (Å²) in [6, 6.07) is 4.68. The summed E-state index contributed by atoms with van der Waals surface area (Å²) in [5.41, 5.74) is 3.66. The molecule has 0 saturated carbocycles. The standard InChI is InChI=1S/C18H29N5S.HI/c1-7-15-8-9-16(24-15)11-20-18(19-5)21-12(2)10-17-13(3)22-23(6)14(17)4;/h8-9,12H,7,10-11H2,1-6H3,(H2,19,20,21);1H. The zero-order chi connectivity index (χ0) is 17.7. The SMILES string of the molecule is CCc1ccc(CNC(=NC)NC(C)Cc2c(C)nn(C)c2C)s1.I. The second kappa shape index (κ2) is 10.2. The van der Waals surface area contributed by atoms with E-state index in [0.29, 0.717) is 0 Å². The number of hydrogen-bond acceptors (Lipinski definition) is 3. The summed E-state index contributed by atoms with van der Waals surface area (Å²) in [5, 5.41) is 11.4. The third-order valence-corrected chi connectivity index (χ3v) is 5.50. The van der Waals surface area contributed by atoms with Crippen molar-refractivity contribution < 1.29 is 0 Å². The van der Waals surface area contributed by atoms with E-state index >= 15 is 0 Å². The minimum Gasteiger partial charge on any atom is -0.354 e. The third kappa shape index (κ3) is 5.99. The largest absolute Gasteiger partial charge is 0.354 e. The van der Waals surface area contributed by atoms with Crippen LogP contribution in [0.15, 0.2) is 17.1 Å². The van der Waals surface area contributed by atoms with E-state index in [1.807, 2.05) is 30.1 Å². The Morgan fingerprint density at radius 3 is 2.52 bits per heavy atom. The summed E-state index contributed by atoms with van der Waals surface area (Å²) in [4.78, 5) is 7.10. The lowest BCUT2D eigenvalue weighted by atomic mass is 10.1. The summed E-state index contributed by atoms with van der Waals surface area (Å²) in [5.74, 6) is 0.841. The maximum atomic E-state index is 4.49. The molecule has 2 N–H and O–H groups in total. The van der Waals surface area contributed by atoms with E-state index in [1.165, 1.54) is 21.0 Å². The minimum atomic E-state index is 0. The molecule has 25 heavy (non-hydrogen) atoms. The molecule has 0 saturated heterocycles. The highest BCUT2D eigenvalue weighted by molar-refractivity contribution is 14.0. The molecule has 140 valence electrons. The number of halogens is 1. The lowest BCUT2D eigenvalue weighted by Gasteiger charge is -2.18. The van der Waals surface area contributed by atoms with Gasteiger partial charge in [0.05, 0.1) is 12.2 Å². The molecule has 5 nitrogen and oxygen atoms in total. The van der Waals surface area contributed by atoms with Gasteiger partial charge in [0.1, 0.15) is 0 Å². The number of thiophene rings is 1. The molecular weight excluding hydrogens is 445 g/mol. The average Bonchev–Trinajstić information content (AvgIpc) is 3.11. The van der Waals surface area contributed by atoms with E-state index < -0.39 is 0 Å². The fourth-order valence-corrected chi connectivity index (χ4v) is 3.67. The highest BCUT2D eigenvalue weighted by atomic mass is 127. The van der Waals surface area contributed by atoms with Crippen LogP contribution in [0.25, 0.3) is 0 Å². The lowest BCUT2D eigenvalue weighted by molar-refractivity contribution is 0.636. The molecule has 7 heteroatoms. The van der Waals surface area contributed by atoms with Crippen LogP contribution in [0.3, 0.4) is 0 Å². The number of aryl methyl sites for hydroxylation is 3. The molecule has 2 aromatic rings. The van der Waals surface area contributed by atoms with Gasteiger partial charge in [-0.1, -0.05) is 6.92 Å². The molecule has 2 aromatic heterocycles. The van der Waals surface area contributed by atoms with E-state index in [-0.39, 0.29) is 30.0 Å². The number of nitrogens with zero attached hydrogens (tertiary/aromatic N) is 3. The predicted octanol–water partition coefficient (Wildman–Crippen LogP) is 3.58. The molecule has 0 radical (unpaired) electrons. The Morgan fingerprint density at radius 2 is 2.00 bits per heavy atom. The molecular formula is C18H30IN5S. The van der Waals surface area contributed by atoms with E-state index in [2.05, 4.69) is 60.6 Å². The molecule has 0 bridgehead atoms. The van der Waals surface area contributed by atoms with Gasteiger partial charge in [-0.2, -0.15) is 5.10 Å². The number of rotatable bonds is 6. The summed E-state index contributed by atoms with van der Waals surface area (Å²) in [6.07, 6.45) is 2.03. The number of aliphatic imine (C=N–C) groups is 1. The zero-order valence-corrected chi connectivity index (χ0v) is 19.2. The van der Waals surface area contributed by atoms with Crippen molar-refractivity contribution in [2.24, 2.45) is 12.0 Å². The van der Waals surface area contributed by atoms with Gasteiger partial charge in [-0.25, -0.2) is 0 Å². The number of guanidine groups is 1. The fraction of sp³-hybridized carbons (Fsp3) is 0.556. The van der Waals surface area contributed by atoms with Gasteiger partial charge in [-0.3, -0.25) is 9.67 Å². The highest BCUT2D eigenvalue weighted by Crippen LogP contribution is 2.16. The first kappa shape index (κ1) is 22.0. The highest BCUT2D eigenvalue weighted by Gasteiger charge is 2.14. The van der Waals surface area contributed by atoms with Crippen LogP contribution in [-0.4, -0.2) is 28.8 Å². The minimum absolute atomic E-state index is 0. The van der Waals surface area contributed by atoms with Crippen molar-refractivity contribution in [3.63, 3.8) is 0 Å². The van der Waals surface area contributed by atoms with Gasteiger partial charge in [-0.15, -0.1) is 35.3 Å². The third-order valence-electron chi connectivity index (χ3n) is 4.27. The van der Waals surface area contributed by atoms with Crippen LogP contribution < -0.4 is 10.6 Å². The van der Waals surface area contributed by atoms with E-state index in [9.17, 15) is 0 Å². The monoisotopic (exact) mass is 475 g/mol. The van der Waals surface area contributed by atoms with Crippen molar-refractivity contribution in [2.45, 2.75) is 53.1 Å². The molecule has 0 fully saturated rings. The van der Waals surface area contributed by atoms with Crippen molar-refractivity contribution in [3.05, 3.63) is 38.8 Å². The van der Waals surface area contributed by atoms with Gasteiger partial charge in [0.2, 0.25) is 0 Å². The van der Waals surface area contributed by atoms with Crippen LogP contribution in [-0.2, 0) is 26.4 Å². The van der Waals surface area contributed by atoms with Crippen molar-refractivity contribution in [2.75, 3.05) is 7.05 Å². The quantitative estimate of drug-likeness (QED) is 0.382. The molecule has 0 spiro atoms. The lowest BCUT2D eigenvalue weighted by Crippen LogP contribution is -2.42.